The standard InChI is InChI=1S/C21H25NO4/c1-21(2,3)16-9-11-17(12-10-16)26-14-19(23)22-18(20(24)25)13-15-7-5-4-6-8-15/h4-12,18H,13-14H2,1-3H3,(H,22,23)(H,24,25). The number of aliphatic carboxylic acids is 1. The van der Waals surface area contributed by atoms with E-state index in [1.165, 1.54) is 5.56 Å². The van der Waals surface area contributed by atoms with Gasteiger partial charge >= 0.3 is 5.97 Å². The third-order valence-corrected chi connectivity index (χ3v) is 4.01. The SMILES string of the molecule is CC(C)(C)c1ccc(OCC(=O)NC(Cc2ccccc2)C(=O)O)cc1. The Morgan fingerprint density at radius 2 is 1.65 bits per heavy atom. The van der Waals surface area contributed by atoms with E-state index >= 15 is 0 Å². The molecule has 0 aromatic heterocycles. The van der Waals surface area contributed by atoms with Gasteiger partial charge < -0.3 is 15.2 Å². The Morgan fingerprint density at radius 1 is 1.04 bits per heavy atom. The molecule has 0 saturated heterocycles. The second kappa shape index (κ2) is 8.52. The lowest BCUT2D eigenvalue weighted by Gasteiger charge is -2.19. The summed E-state index contributed by atoms with van der Waals surface area (Å²) >= 11 is 0. The Kier molecular flexibility index (Phi) is 6.39. The van der Waals surface area contributed by atoms with Gasteiger partial charge in [0, 0.05) is 6.42 Å². The molecule has 0 aliphatic heterocycles. The fraction of sp³-hybridized carbons (Fsp3) is 0.333. The summed E-state index contributed by atoms with van der Waals surface area (Å²) < 4.78 is 5.46. The van der Waals surface area contributed by atoms with E-state index in [9.17, 15) is 14.7 Å². The highest BCUT2D eigenvalue weighted by molar-refractivity contribution is 5.84. The summed E-state index contributed by atoms with van der Waals surface area (Å²) in [7, 11) is 0. The zero-order valence-electron chi connectivity index (χ0n) is 15.4. The maximum atomic E-state index is 12.0. The van der Waals surface area contributed by atoms with E-state index in [0.29, 0.717) is 5.75 Å². The number of benzene rings is 2. The molecule has 2 aromatic rings. The number of rotatable bonds is 7. The molecule has 0 fully saturated rings. The van der Waals surface area contributed by atoms with Gasteiger partial charge in [0.05, 0.1) is 0 Å². The Hall–Kier alpha value is -2.82. The minimum absolute atomic E-state index is 0.0437. The Labute approximate surface area is 154 Å². The van der Waals surface area contributed by atoms with Crippen LogP contribution in [0.15, 0.2) is 54.6 Å². The number of hydrogen-bond acceptors (Lipinski definition) is 3. The van der Waals surface area contributed by atoms with Crippen molar-refractivity contribution in [2.75, 3.05) is 6.61 Å². The number of nitrogens with one attached hydrogen (secondary N) is 1. The molecular weight excluding hydrogens is 330 g/mol. The lowest BCUT2D eigenvalue weighted by atomic mass is 9.87. The summed E-state index contributed by atoms with van der Waals surface area (Å²) in [6, 6.07) is 15.7. The Bertz CT molecular complexity index is 733. The molecule has 0 heterocycles. The van der Waals surface area contributed by atoms with Crippen molar-refractivity contribution in [1.82, 2.24) is 5.32 Å². The molecule has 5 heteroatoms. The Balaban J connectivity index is 1.89. The second-order valence-electron chi connectivity index (χ2n) is 7.21. The molecular formula is C21H25NO4. The van der Waals surface area contributed by atoms with Gasteiger partial charge in [-0.05, 0) is 28.7 Å². The number of amides is 1. The predicted molar refractivity (Wildman–Crippen MR) is 100 cm³/mol. The summed E-state index contributed by atoms with van der Waals surface area (Å²) in [6.45, 7) is 6.13. The summed E-state index contributed by atoms with van der Waals surface area (Å²) in [5.41, 5.74) is 2.06. The maximum Gasteiger partial charge on any atom is 0.326 e. The molecule has 0 radical (unpaired) electrons. The number of hydrogen-bond donors (Lipinski definition) is 2. The molecule has 1 atom stereocenters. The molecule has 0 aliphatic rings. The highest BCUT2D eigenvalue weighted by atomic mass is 16.5. The number of carboxylic acid groups (broad SMARTS) is 1. The summed E-state index contributed by atoms with van der Waals surface area (Å²) in [6.07, 6.45) is 0.224. The first-order valence-electron chi connectivity index (χ1n) is 8.55. The molecule has 5 nitrogen and oxygen atoms in total. The quantitative estimate of drug-likeness (QED) is 0.800. The van der Waals surface area contributed by atoms with Crippen molar-refractivity contribution in [2.45, 2.75) is 38.6 Å². The lowest BCUT2D eigenvalue weighted by molar-refractivity contribution is -0.142. The Morgan fingerprint density at radius 3 is 2.19 bits per heavy atom. The smallest absolute Gasteiger partial charge is 0.326 e. The van der Waals surface area contributed by atoms with Crippen LogP contribution in [0.3, 0.4) is 0 Å². The van der Waals surface area contributed by atoms with E-state index in [2.05, 4.69) is 26.1 Å². The lowest BCUT2D eigenvalue weighted by Crippen LogP contribution is -2.44. The van der Waals surface area contributed by atoms with Gasteiger partial charge in [0.2, 0.25) is 0 Å². The molecule has 2 N–H and O–H groups in total. The van der Waals surface area contributed by atoms with E-state index in [-0.39, 0.29) is 18.4 Å². The van der Waals surface area contributed by atoms with Gasteiger partial charge in [-0.2, -0.15) is 0 Å². The van der Waals surface area contributed by atoms with E-state index in [4.69, 9.17) is 4.74 Å². The van der Waals surface area contributed by atoms with Crippen LogP contribution < -0.4 is 10.1 Å². The minimum Gasteiger partial charge on any atom is -0.484 e. The molecule has 2 rings (SSSR count). The van der Waals surface area contributed by atoms with Crippen molar-refractivity contribution in [2.24, 2.45) is 0 Å². The first-order valence-corrected chi connectivity index (χ1v) is 8.55. The highest BCUT2D eigenvalue weighted by Crippen LogP contribution is 2.24. The van der Waals surface area contributed by atoms with Gasteiger partial charge in [0.25, 0.3) is 5.91 Å². The minimum atomic E-state index is -1.07. The second-order valence-corrected chi connectivity index (χ2v) is 7.21. The van der Waals surface area contributed by atoms with Crippen molar-refractivity contribution >= 4 is 11.9 Å². The molecule has 0 spiro atoms. The van der Waals surface area contributed by atoms with Gasteiger partial charge in [-0.15, -0.1) is 0 Å². The van der Waals surface area contributed by atoms with Crippen molar-refractivity contribution in [3.63, 3.8) is 0 Å². The maximum absolute atomic E-state index is 12.0. The van der Waals surface area contributed by atoms with Crippen molar-refractivity contribution in [1.29, 1.82) is 0 Å². The van der Waals surface area contributed by atoms with Crippen molar-refractivity contribution in [3.05, 3.63) is 65.7 Å². The van der Waals surface area contributed by atoms with Crippen LogP contribution in [-0.2, 0) is 21.4 Å². The third kappa shape index (κ3) is 5.92. The van der Waals surface area contributed by atoms with E-state index in [1.807, 2.05) is 54.6 Å². The fourth-order valence-corrected chi connectivity index (χ4v) is 2.49. The fourth-order valence-electron chi connectivity index (χ4n) is 2.49. The first kappa shape index (κ1) is 19.5. The molecule has 0 saturated carbocycles. The molecule has 26 heavy (non-hydrogen) atoms. The highest BCUT2D eigenvalue weighted by Gasteiger charge is 2.20. The van der Waals surface area contributed by atoms with Gasteiger partial charge in [0.15, 0.2) is 6.61 Å². The predicted octanol–water partition coefficient (Wildman–Crippen LogP) is 3.18. The van der Waals surface area contributed by atoms with Crippen LogP contribution in [0.25, 0.3) is 0 Å². The zero-order chi connectivity index (χ0) is 19.2. The molecule has 1 unspecified atom stereocenters. The van der Waals surface area contributed by atoms with Gasteiger partial charge in [0.1, 0.15) is 11.8 Å². The zero-order valence-corrected chi connectivity index (χ0v) is 15.4. The topological polar surface area (TPSA) is 75.6 Å². The number of ether oxygens (including phenoxy) is 1. The molecule has 0 aliphatic carbocycles. The van der Waals surface area contributed by atoms with Crippen molar-refractivity contribution < 1.29 is 19.4 Å². The van der Waals surface area contributed by atoms with Crippen molar-refractivity contribution in [3.8, 4) is 5.75 Å². The summed E-state index contributed by atoms with van der Waals surface area (Å²) in [5.74, 6) is -0.965. The summed E-state index contributed by atoms with van der Waals surface area (Å²) in [5, 5.41) is 11.8. The van der Waals surface area contributed by atoms with Crippen LogP contribution in [-0.4, -0.2) is 29.6 Å². The van der Waals surface area contributed by atoms with Crippen LogP contribution in [0.1, 0.15) is 31.9 Å². The number of carboxylic acids is 1. The van der Waals surface area contributed by atoms with Gasteiger partial charge in [-0.25, -0.2) is 4.79 Å². The van der Waals surface area contributed by atoms with Gasteiger partial charge in [-0.3, -0.25) is 4.79 Å². The average Bonchev–Trinajstić information content (AvgIpc) is 2.60. The molecule has 1 amide bonds. The van der Waals surface area contributed by atoms with E-state index < -0.39 is 17.9 Å². The van der Waals surface area contributed by atoms with Crippen LogP contribution in [0.5, 0.6) is 5.75 Å². The van der Waals surface area contributed by atoms with Crippen LogP contribution in [0, 0.1) is 0 Å². The molecule has 0 bridgehead atoms. The van der Waals surface area contributed by atoms with Gasteiger partial charge in [-0.1, -0.05) is 63.2 Å². The number of carbonyl (C=O) groups is 2. The molecule has 2 aromatic carbocycles. The molecule has 138 valence electrons. The van der Waals surface area contributed by atoms with E-state index in [0.717, 1.165) is 5.56 Å². The largest absolute Gasteiger partial charge is 0.484 e. The monoisotopic (exact) mass is 355 g/mol. The third-order valence-electron chi connectivity index (χ3n) is 4.01. The van der Waals surface area contributed by atoms with Crippen LogP contribution in [0.4, 0.5) is 0 Å². The average molecular weight is 355 g/mol. The summed E-state index contributed by atoms with van der Waals surface area (Å²) in [4.78, 5) is 23.4. The number of carbonyl (C=O) groups excluding carboxylic acids is 1. The van der Waals surface area contributed by atoms with Crippen LogP contribution in [0.2, 0.25) is 0 Å². The van der Waals surface area contributed by atoms with Crippen LogP contribution >= 0.6 is 0 Å². The normalized spacial score (nSPS) is 12.3. The first-order chi connectivity index (χ1) is 12.3. The van der Waals surface area contributed by atoms with E-state index in [1.54, 1.807) is 0 Å².